The molecule has 0 aliphatic carbocycles. The Morgan fingerprint density at radius 1 is 1.03 bits per heavy atom. The van der Waals surface area contributed by atoms with E-state index in [-0.39, 0.29) is 37.2 Å². The van der Waals surface area contributed by atoms with Crippen molar-refractivity contribution in [3.05, 3.63) is 70.8 Å². The number of benzene rings is 2. The topological polar surface area (TPSA) is 84.7 Å². The molecule has 3 N–H and O–H groups in total. The first kappa shape index (κ1) is 28.9. The van der Waals surface area contributed by atoms with E-state index in [0.29, 0.717) is 43.4 Å². The van der Waals surface area contributed by atoms with Crippen molar-refractivity contribution in [2.24, 2.45) is 5.73 Å². The summed E-state index contributed by atoms with van der Waals surface area (Å²) in [6.45, 7) is 0.955. The van der Waals surface area contributed by atoms with Crippen LogP contribution in [0, 0.1) is 0 Å². The molecule has 2 heterocycles. The molecule has 4 rings (SSSR count). The molecule has 0 bridgehead atoms. The van der Waals surface area contributed by atoms with Crippen LogP contribution in [0.1, 0.15) is 61.0 Å². The molecule has 0 aromatic heterocycles. The van der Waals surface area contributed by atoms with Crippen LogP contribution in [0.4, 0.5) is 26.3 Å². The van der Waals surface area contributed by atoms with Crippen LogP contribution in [0.2, 0.25) is 0 Å². The average molecular weight is 558 g/mol. The fourth-order valence-electron chi connectivity index (χ4n) is 5.49. The van der Waals surface area contributed by atoms with E-state index in [9.17, 15) is 35.9 Å². The fourth-order valence-corrected chi connectivity index (χ4v) is 5.49. The Bertz CT molecular complexity index is 1190. The summed E-state index contributed by atoms with van der Waals surface area (Å²) in [4.78, 5) is 26.8. The number of nitrogens with one attached hydrogen (secondary N) is 1. The Kier molecular flexibility index (Phi) is 7.74. The van der Waals surface area contributed by atoms with Crippen molar-refractivity contribution in [3.8, 4) is 0 Å². The number of carbonyl (C=O) groups is 2. The number of halogens is 6. The van der Waals surface area contributed by atoms with Gasteiger partial charge in [-0.3, -0.25) is 9.59 Å². The van der Waals surface area contributed by atoms with Gasteiger partial charge in [0.1, 0.15) is 0 Å². The number of alkyl halides is 6. The Morgan fingerprint density at radius 3 is 2.15 bits per heavy atom. The van der Waals surface area contributed by atoms with E-state index >= 15 is 0 Å². The summed E-state index contributed by atoms with van der Waals surface area (Å²) in [5, 5.41) is 2.97. The van der Waals surface area contributed by atoms with E-state index in [2.05, 4.69) is 5.32 Å². The maximum atomic E-state index is 13.4. The van der Waals surface area contributed by atoms with Gasteiger partial charge in [-0.2, -0.15) is 26.3 Å². The molecule has 39 heavy (non-hydrogen) atoms. The summed E-state index contributed by atoms with van der Waals surface area (Å²) in [5.41, 5.74) is 1.50. The number of piperidine rings is 1. The number of nitrogens with zero attached hydrogens (tertiary/aromatic N) is 1. The molecule has 0 saturated carbocycles. The van der Waals surface area contributed by atoms with E-state index in [1.807, 2.05) is 0 Å². The molecule has 12 heteroatoms. The van der Waals surface area contributed by atoms with Crippen LogP contribution in [-0.2, 0) is 32.2 Å². The highest BCUT2D eigenvalue weighted by atomic mass is 19.4. The first-order valence-electron chi connectivity index (χ1n) is 12.5. The van der Waals surface area contributed by atoms with E-state index in [1.165, 1.54) is 11.8 Å². The highest BCUT2D eigenvalue weighted by molar-refractivity contribution is 5.82. The third-order valence-corrected chi connectivity index (χ3v) is 7.67. The number of amides is 2. The van der Waals surface area contributed by atoms with Crippen molar-refractivity contribution in [1.29, 1.82) is 0 Å². The summed E-state index contributed by atoms with van der Waals surface area (Å²) >= 11 is 0. The van der Waals surface area contributed by atoms with Crippen molar-refractivity contribution >= 4 is 11.8 Å². The predicted molar refractivity (Wildman–Crippen MR) is 129 cm³/mol. The number of ether oxygens (including phenoxy) is 1. The maximum absolute atomic E-state index is 13.4. The number of nitrogens with two attached hydrogens (primary N) is 1. The second-order valence-electron chi connectivity index (χ2n) is 10.2. The molecular formula is C27H29F6N3O3. The largest absolute Gasteiger partial charge is 0.416 e. The van der Waals surface area contributed by atoms with Crippen LogP contribution < -0.4 is 11.1 Å². The molecule has 0 radical (unpaired) electrons. The lowest BCUT2D eigenvalue weighted by atomic mass is 9.74. The highest BCUT2D eigenvalue weighted by Crippen LogP contribution is 2.45. The standard InChI is InChI=1S/C27H29F6N3O3/c1-17(18-11-20(26(28,29)30)13-21(12-18)27(31,32)33)39-16-25(19-5-3-2-4-6-19)10-9-24(8-7-22(37)35-24)15-36(25)23(38)14-34/h2-6,11-13,17H,7-10,14-16,34H2,1H3,(H,35,37). The van der Waals surface area contributed by atoms with Crippen LogP contribution in [0.25, 0.3) is 0 Å². The highest BCUT2D eigenvalue weighted by Gasteiger charge is 2.53. The van der Waals surface area contributed by atoms with Crippen LogP contribution >= 0.6 is 0 Å². The van der Waals surface area contributed by atoms with Crippen molar-refractivity contribution in [1.82, 2.24) is 10.2 Å². The van der Waals surface area contributed by atoms with Crippen molar-refractivity contribution in [2.45, 2.75) is 62.1 Å². The van der Waals surface area contributed by atoms with Gasteiger partial charge in [-0.25, -0.2) is 0 Å². The molecule has 2 amide bonds. The van der Waals surface area contributed by atoms with Gasteiger partial charge in [0.25, 0.3) is 0 Å². The predicted octanol–water partition coefficient (Wildman–Crippen LogP) is 4.93. The zero-order valence-electron chi connectivity index (χ0n) is 21.2. The first-order chi connectivity index (χ1) is 18.2. The Labute approximate surface area is 221 Å². The lowest BCUT2D eigenvalue weighted by molar-refractivity contribution is -0.150. The molecule has 2 saturated heterocycles. The minimum atomic E-state index is -4.99. The zero-order valence-corrected chi connectivity index (χ0v) is 21.2. The minimum absolute atomic E-state index is 0.0693. The Balaban J connectivity index is 1.70. The molecule has 6 nitrogen and oxygen atoms in total. The number of hydrogen-bond donors (Lipinski definition) is 2. The first-order valence-corrected chi connectivity index (χ1v) is 12.5. The second kappa shape index (κ2) is 10.5. The molecule has 2 aromatic carbocycles. The molecule has 212 valence electrons. The van der Waals surface area contributed by atoms with E-state index in [0.717, 1.165) is 0 Å². The van der Waals surface area contributed by atoms with Crippen LogP contribution in [0.5, 0.6) is 0 Å². The summed E-state index contributed by atoms with van der Waals surface area (Å²) < 4.78 is 86.5. The average Bonchev–Trinajstić information content (AvgIpc) is 3.26. The number of likely N-dealkylation sites (tertiary alicyclic amines) is 1. The number of carbonyl (C=O) groups excluding carboxylic acids is 2. The van der Waals surface area contributed by atoms with E-state index < -0.39 is 46.6 Å². The summed E-state index contributed by atoms with van der Waals surface area (Å²) in [6.07, 6.45) is -9.51. The van der Waals surface area contributed by atoms with Gasteiger partial charge < -0.3 is 20.7 Å². The van der Waals surface area contributed by atoms with Gasteiger partial charge in [0.2, 0.25) is 11.8 Å². The smallest absolute Gasteiger partial charge is 0.371 e. The normalized spacial score (nSPS) is 24.6. The van der Waals surface area contributed by atoms with Crippen LogP contribution in [0.15, 0.2) is 48.5 Å². The molecule has 2 aliphatic rings. The molecule has 3 atom stereocenters. The second-order valence-corrected chi connectivity index (χ2v) is 10.2. The van der Waals surface area contributed by atoms with E-state index in [1.54, 1.807) is 30.3 Å². The molecular weight excluding hydrogens is 528 g/mol. The van der Waals surface area contributed by atoms with E-state index in [4.69, 9.17) is 10.5 Å². The molecule has 2 aliphatic heterocycles. The van der Waals surface area contributed by atoms with Gasteiger partial charge in [-0.15, -0.1) is 0 Å². The summed E-state index contributed by atoms with van der Waals surface area (Å²) in [5.74, 6) is -0.550. The molecule has 2 fully saturated rings. The van der Waals surface area contributed by atoms with Gasteiger partial charge >= 0.3 is 12.4 Å². The number of hydrogen-bond acceptors (Lipinski definition) is 4. The van der Waals surface area contributed by atoms with Crippen molar-refractivity contribution < 1.29 is 40.7 Å². The van der Waals surface area contributed by atoms with Gasteiger partial charge in [-0.05, 0) is 55.5 Å². The van der Waals surface area contributed by atoms with Crippen LogP contribution in [-0.4, -0.2) is 41.9 Å². The number of rotatable bonds is 6. The van der Waals surface area contributed by atoms with Gasteiger partial charge in [0.15, 0.2) is 0 Å². The van der Waals surface area contributed by atoms with Crippen molar-refractivity contribution in [3.63, 3.8) is 0 Å². The van der Waals surface area contributed by atoms with Crippen molar-refractivity contribution in [2.75, 3.05) is 19.7 Å². The molecule has 2 aromatic rings. The maximum Gasteiger partial charge on any atom is 0.416 e. The fraction of sp³-hybridized carbons (Fsp3) is 0.481. The molecule has 3 unspecified atom stereocenters. The lowest BCUT2D eigenvalue weighted by Crippen LogP contribution is -2.65. The van der Waals surface area contributed by atoms with Gasteiger partial charge in [-0.1, -0.05) is 30.3 Å². The SMILES string of the molecule is CC(OCC1(c2ccccc2)CCC2(CCC(=O)N2)CN1C(=O)CN)c1cc(C(F)(F)F)cc(C(F)(F)F)c1. The quantitative estimate of drug-likeness (QED) is 0.494. The summed E-state index contributed by atoms with van der Waals surface area (Å²) in [6, 6.07) is 10.2. The lowest BCUT2D eigenvalue weighted by Gasteiger charge is -2.53. The zero-order chi connectivity index (χ0) is 28.6. The third kappa shape index (κ3) is 5.91. The Hall–Kier alpha value is -3.12. The Morgan fingerprint density at radius 2 is 1.64 bits per heavy atom. The summed E-state index contributed by atoms with van der Waals surface area (Å²) in [7, 11) is 0. The minimum Gasteiger partial charge on any atom is -0.371 e. The van der Waals surface area contributed by atoms with Crippen LogP contribution in [0.3, 0.4) is 0 Å². The monoisotopic (exact) mass is 557 g/mol. The molecule has 1 spiro atoms. The third-order valence-electron chi connectivity index (χ3n) is 7.67. The van der Waals surface area contributed by atoms with Gasteiger partial charge in [0.05, 0.1) is 41.5 Å². The van der Waals surface area contributed by atoms with Gasteiger partial charge in [0, 0.05) is 13.0 Å².